The van der Waals surface area contributed by atoms with Gasteiger partial charge in [0.15, 0.2) is 0 Å². The molecule has 1 amide bonds. The number of amides is 1. The number of carbonyl (C=O) groups excluding carboxylic acids is 1. The first-order valence-corrected chi connectivity index (χ1v) is 8.99. The standard InChI is InChI=1S/C20H30N4O/c1-6-17-9-7-8-14(2)20(17)21-19(25)11-13-24(5)12-10-18-15(3)22-23-16(18)4/h7-9H,6,10-13H2,1-5H3,(H,21,25)(H,22,23). The van der Waals surface area contributed by atoms with Crippen molar-refractivity contribution in [3.8, 4) is 0 Å². The summed E-state index contributed by atoms with van der Waals surface area (Å²) in [6.07, 6.45) is 2.36. The molecule has 0 radical (unpaired) electrons. The molecule has 136 valence electrons. The SMILES string of the molecule is CCc1cccc(C)c1NC(=O)CCN(C)CCc1c(C)n[nH]c1C. The summed E-state index contributed by atoms with van der Waals surface area (Å²) in [6, 6.07) is 6.15. The van der Waals surface area contributed by atoms with Crippen LogP contribution < -0.4 is 5.32 Å². The molecule has 0 aliphatic carbocycles. The third-order valence-corrected chi connectivity index (χ3v) is 4.75. The van der Waals surface area contributed by atoms with Gasteiger partial charge >= 0.3 is 0 Å². The van der Waals surface area contributed by atoms with Crippen molar-refractivity contribution in [1.82, 2.24) is 15.1 Å². The second-order valence-electron chi connectivity index (χ2n) is 6.73. The summed E-state index contributed by atoms with van der Waals surface area (Å²) in [4.78, 5) is 14.5. The number of nitrogens with one attached hydrogen (secondary N) is 2. The maximum Gasteiger partial charge on any atom is 0.225 e. The molecule has 0 saturated carbocycles. The summed E-state index contributed by atoms with van der Waals surface area (Å²) >= 11 is 0. The maximum atomic E-state index is 12.3. The van der Waals surface area contributed by atoms with Crippen LogP contribution in [-0.2, 0) is 17.6 Å². The Labute approximate surface area is 150 Å². The topological polar surface area (TPSA) is 61.0 Å². The van der Waals surface area contributed by atoms with Gasteiger partial charge in [0.1, 0.15) is 0 Å². The Kier molecular flexibility index (Phi) is 6.76. The van der Waals surface area contributed by atoms with Crippen LogP contribution >= 0.6 is 0 Å². The number of aryl methyl sites for hydroxylation is 4. The number of carbonyl (C=O) groups is 1. The number of aromatic amines is 1. The first-order chi connectivity index (χ1) is 11.9. The molecular weight excluding hydrogens is 312 g/mol. The highest BCUT2D eigenvalue weighted by molar-refractivity contribution is 5.92. The Morgan fingerprint density at radius 3 is 2.64 bits per heavy atom. The Balaban J connectivity index is 1.82. The lowest BCUT2D eigenvalue weighted by atomic mass is 10.1. The number of nitrogens with zero attached hydrogens (tertiary/aromatic N) is 2. The molecular formula is C20H30N4O. The van der Waals surface area contributed by atoms with Crippen molar-refractivity contribution < 1.29 is 4.79 Å². The molecule has 2 aromatic rings. The highest BCUT2D eigenvalue weighted by Gasteiger charge is 2.11. The molecule has 0 aliphatic heterocycles. The largest absolute Gasteiger partial charge is 0.326 e. The van der Waals surface area contributed by atoms with Crippen LogP contribution in [0, 0.1) is 20.8 Å². The van der Waals surface area contributed by atoms with Gasteiger partial charge in [-0.3, -0.25) is 9.89 Å². The molecule has 0 spiro atoms. The lowest BCUT2D eigenvalue weighted by molar-refractivity contribution is -0.116. The lowest BCUT2D eigenvalue weighted by Crippen LogP contribution is -2.26. The summed E-state index contributed by atoms with van der Waals surface area (Å²) in [5.74, 6) is 0.0755. The molecule has 0 atom stereocenters. The molecule has 0 bridgehead atoms. The van der Waals surface area contributed by atoms with E-state index >= 15 is 0 Å². The number of benzene rings is 1. The first-order valence-electron chi connectivity index (χ1n) is 8.99. The lowest BCUT2D eigenvalue weighted by Gasteiger charge is -2.17. The average molecular weight is 342 g/mol. The van der Waals surface area contributed by atoms with Crippen LogP contribution in [0.25, 0.3) is 0 Å². The van der Waals surface area contributed by atoms with Gasteiger partial charge in [-0.1, -0.05) is 25.1 Å². The minimum atomic E-state index is 0.0755. The molecule has 1 aromatic heterocycles. The van der Waals surface area contributed by atoms with E-state index in [1.807, 2.05) is 26.0 Å². The molecule has 0 unspecified atom stereocenters. The highest BCUT2D eigenvalue weighted by atomic mass is 16.1. The fraction of sp³-hybridized carbons (Fsp3) is 0.500. The van der Waals surface area contributed by atoms with E-state index in [4.69, 9.17) is 0 Å². The predicted molar refractivity (Wildman–Crippen MR) is 103 cm³/mol. The van der Waals surface area contributed by atoms with E-state index in [1.165, 1.54) is 11.1 Å². The van der Waals surface area contributed by atoms with Gasteiger partial charge in [0.25, 0.3) is 0 Å². The second-order valence-corrected chi connectivity index (χ2v) is 6.73. The fourth-order valence-electron chi connectivity index (χ4n) is 3.05. The van der Waals surface area contributed by atoms with Crippen LogP contribution in [0.5, 0.6) is 0 Å². The molecule has 0 aliphatic rings. The summed E-state index contributed by atoms with van der Waals surface area (Å²) in [5.41, 5.74) is 6.76. The zero-order valence-electron chi connectivity index (χ0n) is 16.1. The van der Waals surface area contributed by atoms with Crippen molar-refractivity contribution in [3.63, 3.8) is 0 Å². The van der Waals surface area contributed by atoms with Gasteiger partial charge in [-0.05, 0) is 57.4 Å². The quantitative estimate of drug-likeness (QED) is 0.773. The van der Waals surface area contributed by atoms with E-state index in [1.54, 1.807) is 0 Å². The molecule has 0 saturated heterocycles. The van der Waals surface area contributed by atoms with Gasteiger partial charge in [0, 0.05) is 30.9 Å². The average Bonchev–Trinajstić information content (AvgIpc) is 2.91. The minimum Gasteiger partial charge on any atom is -0.326 e. The number of aromatic nitrogens is 2. The monoisotopic (exact) mass is 342 g/mol. The Morgan fingerprint density at radius 1 is 1.24 bits per heavy atom. The van der Waals surface area contributed by atoms with E-state index in [-0.39, 0.29) is 5.91 Å². The van der Waals surface area contributed by atoms with Crippen LogP contribution in [0.1, 0.15) is 41.4 Å². The fourth-order valence-corrected chi connectivity index (χ4v) is 3.05. The third-order valence-electron chi connectivity index (χ3n) is 4.75. The molecule has 0 fully saturated rings. The van der Waals surface area contributed by atoms with Crippen molar-refractivity contribution in [3.05, 3.63) is 46.3 Å². The van der Waals surface area contributed by atoms with Crippen molar-refractivity contribution >= 4 is 11.6 Å². The second kappa shape index (κ2) is 8.81. The first kappa shape index (κ1) is 19.2. The van der Waals surface area contributed by atoms with E-state index in [0.717, 1.165) is 48.6 Å². The number of para-hydroxylation sites is 1. The van der Waals surface area contributed by atoms with Crippen molar-refractivity contribution in [2.75, 3.05) is 25.5 Å². The zero-order valence-corrected chi connectivity index (χ0v) is 16.1. The number of likely N-dealkylation sites (N-methyl/N-ethyl adjacent to an activating group) is 1. The Hall–Kier alpha value is -2.14. The molecule has 2 N–H and O–H groups in total. The van der Waals surface area contributed by atoms with E-state index < -0.39 is 0 Å². The van der Waals surface area contributed by atoms with Crippen molar-refractivity contribution in [2.24, 2.45) is 0 Å². The molecule has 1 aromatic carbocycles. The van der Waals surface area contributed by atoms with Crippen LogP contribution in [0.15, 0.2) is 18.2 Å². The third kappa shape index (κ3) is 5.16. The smallest absolute Gasteiger partial charge is 0.225 e. The van der Waals surface area contributed by atoms with Gasteiger partial charge in [0.05, 0.1) is 5.69 Å². The normalized spacial score (nSPS) is 11.1. The minimum absolute atomic E-state index is 0.0755. The van der Waals surface area contributed by atoms with Crippen molar-refractivity contribution in [2.45, 2.75) is 47.0 Å². The van der Waals surface area contributed by atoms with E-state index in [0.29, 0.717) is 6.42 Å². The van der Waals surface area contributed by atoms with E-state index in [2.05, 4.69) is 47.4 Å². The number of rotatable bonds is 8. The Morgan fingerprint density at radius 2 is 2.00 bits per heavy atom. The Bertz CT molecular complexity index is 701. The molecule has 1 heterocycles. The van der Waals surface area contributed by atoms with Crippen LogP contribution in [0.4, 0.5) is 5.69 Å². The van der Waals surface area contributed by atoms with Gasteiger partial charge in [-0.15, -0.1) is 0 Å². The summed E-state index contributed by atoms with van der Waals surface area (Å²) in [6.45, 7) is 9.89. The van der Waals surface area contributed by atoms with Crippen LogP contribution in [-0.4, -0.2) is 41.1 Å². The highest BCUT2D eigenvalue weighted by Crippen LogP contribution is 2.21. The number of H-pyrrole nitrogens is 1. The van der Waals surface area contributed by atoms with Gasteiger partial charge < -0.3 is 10.2 Å². The molecule has 5 nitrogen and oxygen atoms in total. The molecule has 2 rings (SSSR count). The summed E-state index contributed by atoms with van der Waals surface area (Å²) < 4.78 is 0. The maximum absolute atomic E-state index is 12.3. The number of hydrogen-bond acceptors (Lipinski definition) is 3. The van der Waals surface area contributed by atoms with Crippen molar-refractivity contribution in [1.29, 1.82) is 0 Å². The van der Waals surface area contributed by atoms with Gasteiger partial charge in [-0.25, -0.2) is 0 Å². The number of anilines is 1. The van der Waals surface area contributed by atoms with Crippen LogP contribution in [0.2, 0.25) is 0 Å². The summed E-state index contributed by atoms with van der Waals surface area (Å²) in [5, 5.41) is 10.3. The van der Waals surface area contributed by atoms with Crippen LogP contribution in [0.3, 0.4) is 0 Å². The molecule has 25 heavy (non-hydrogen) atoms. The summed E-state index contributed by atoms with van der Waals surface area (Å²) in [7, 11) is 2.06. The zero-order chi connectivity index (χ0) is 18.4. The van der Waals surface area contributed by atoms with Gasteiger partial charge in [0.2, 0.25) is 5.91 Å². The predicted octanol–water partition coefficient (Wildman–Crippen LogP) is 3.40. The number of hydrogen-bond donors (Lipinski definition) is 2. The van der Waals surface area contributed by atoms with E-state index in [9.17, 15) is 4.79 Å². The molecule has 5 heteroatoms. The van der Waals surface area contributed by atoms with Gasteiger partial charge in [-0.2, -0.15) is 5.10 Å².